The second-order valence-electron chi connectivity index (χ2n) is 5.31. The predicted octanol–water partition coefficient (Wildman–Crippen LogP) is 2.10. The number of pyridine rings is 1. The minimum atomic E-state index is -0.00917. The smallest absolute Gasteiger partial charge is 0.226 e. The molecule has 1 fully saturated rings. The van der Waals surface area contributed by atoms with E-state index in [1.165, 1.54) is 6.42 Å². The molecule has 1 aromatic heterocycles. The fraction of sp³-hybridized carbons (Fsp3) is 0.625. The van der Waals surface area contributed by atoms with Crippen LogP contribution in [-0.2, 0) is 16.0 Å². The molecular formula is C16H24N2O3. The Morgan fingerprint density at radius 3 is 2.95 bits per heavy atom. The van der Waals surface area contributed by atoms with Crippen molar-refractivity contribution in [2.45, 2.75) is 51.2 Å². The molecule has 1 N–H and O–H groups in total. The number of aromatic nitrogens is 1. The van der Waals surface area contributed by atoms with Gasteiger partial charge >= 0.3 is 0 Å². The van der Waals surface area contributed by atoms with Gasteiger partial charge < -0.3 is 14.8 Å². The first-order valence-corrected chi connectivity index (χ1v) is 7.63. The number of hydrogen-bond acceptors (Lipinski definition) is 4. The molecule has 0 radical (unpaired) electrons. The van der Waals surface area contributed by atoms with Crippen LogP contribution in [0, 0.1) is 0 Å². The monoisotopic (exact) mass is 292 g/mol. The number of rotatable bonds is 6. The van der Waals surface area contributed by atoms with Gasteiger partial charge in [-0.3, -0.25) is 4.79 Å². The number of ether oxygens (including phenoxy) is 2. The number of hydrogen-bond donors (Lipinski definition) is 1. The summed E-state index contributed by atoms with van der Waals surface area (Å²) in [5, 5.41) is 3.08. The van der Waals surface area contributed by atoms with Gasteiger partial charge in [0, 0.05) is 13.2 Å². The van der Waals surface area contributed by atoms with Gasteiger partial charge in [-0.25, -0.2) is 4.98 Å². The van der Waals surface area contributed by atoms with Crippen molar-refractivity contribution in [2.24, 2.45) is 0 Å². The normalized spacial score (nSPS) is 21.8. The van der Waals surface area contributed by atoms with E-state index in [9.17, 15) is 4.79 Å². The largest absolute Gasteiger partial charge is 0.478 e. The van der Waals surface area contributed by atoms with E-state index < -0.39 is 0 Å². The zero-order chi connectivity index (χ0) is 15.1. The minimum Gasteiger partial charge on any atom is -0.478 e. The van der Waals surface area contributed by atoms with Crippen LogP contribution >= 0.6 is 0 Å². The van der Waals surface area contributed by atoms with Crippen LogP contribution in [0.5, 0.6) is 5.88 Å². The summed E-state index contributed by atoms with van der Waals surface area (Å²) < 4.78 is 10.8. The quantitative estimate of drug-likeness (QED) is 0.872. The molecule has 0 aliphatic heterocycles. The maximum absolute atomic E-state index is 12.2. The minimum absolute atomic E-state index is 0.00917. The molecule has 0 spiro atoms. The van der Waals surface area contributed by atoms with E-state index in [0.29, 0.717) is 12.5 Å². The maximum atomic E-state index is 12.2. The molecule has 0 unspecified atom stereocenters. The predicted molar refractivity (Wildman–Crippen MR) is 80.3 cm³/mol. The fourth-order valence-corrected chi connectivity index (χ4v) is 2.75. The van der Waals surface area contributed by atoms with Crippen molar-refractivity contribution in [1.29, 1.82) is 0 Å². The average Bonchev–Trinajstić information content (AvgIpc) is 2.48. The zero-order valence-corrected chi connectivity index (χ0v) is 12.8. The Morgan fingerprint density at radius 2 is 2.19 bits per heavy atom. The molecule has 1 heterocycles. The molecule has 1 amide bonds. The summed E-state index contributed by atoms with van der Waals surface area (Å²) in [6.45, 7) is 2.48. The maximum Gasteiger partial charge on any atom is 0.226 e. The van der Waals surface area contributed by atoms with Crippen molar-refractivity contribution in [1.82, 2.24) is 10.3 Å². The van der Waals surface area contributed by atoms with Crippen molar-refractivity contribution in [3.05, 3.63) is 23.9 Å². The molecule has 0 bridgehead atoms. The Morgan fingerprint density at radius 1 is 1.38 bits per heavy atom. The van der Waals surface area contributed by atoms with E-state index >= 15 is 0 Å². The lowest BCUT2D eigenvalue weighted by atomic mass is 9.92. The molecule has 1 aliphatic rings. The number of nitrogens with zero attached hydrogens (tertiary/aromatic N) is 1. The third-order valence-corrected chi connectivity index (χ3v) is 3.77. The van der Waals surface area contributed by atoms with Crippen molar-refractivity contribution < 1.29 is 14.3 Å². The van der Waals surface area contributed by atoms with Gasteiger partial charge in [0.15, 0.2) is 0 Å². The third-order valence-electron chi connectivity index (χ3n) is 3.77. The number of carbonyl (C=O) groups is 1. The highest BCUT2D eigenvalue weighted by Crippen LogP contribution is 2.20. The molecule has 5 nitrogen and oxygen atoms in total. The zero-order valence-electron chi connectivity index (χ0n) is 12.8. The lowest BCUT2D eigenvalue weighted by Gasteiger charge is -2.31. The van der Waals surface area contributed by atoms with Crippen LogP contribution in [0.2, 0.25) is 0 Å². The Hall–Kier alpha value is -1.62. The van der Waals surface area contributed by atoms with E-state index in [1.807, 2.05) is 19.1 Å². The standard InChI is InChI=1S/C16H24N2O3/c1-3-21-16-10-6-7-12(17-16)11-15(19)18-13-8-4-5-9-14(13)20-2/h6-7,10,13-14H,3-5,8-9,11H2,1-2H3,(H,18,19)/t13-,14-/m0/s1. The second kappa shape index (κ2) is 7.98. The molecule has 2 rings (SSSR count). The molecule has 0 saturated heterocycles. The Kier molecular flexibility index (Phi) is 5.99. The highest BCUT2D eigenvalue weighted by atomic mass is 16.5. The van der Waals surface area contributed by atoms with Crippen molar-refractivity contribution >= 4 is 5.91 Å². The molecule has 5 heteroatoms. The molecule has 1 saturated carbocycles. The van der Waals surface area contributed by atoms with Crippen LogP contribution in [0.4, 0.5) is 0 Å². The first-order valence-electron chi connectivity index (χ1n) is 7.63. The lowest BCUT2D eigenvalue weighted by molar-refractivity contribution is -0.122. The van der Waals surface area contributed by atoms with Gasteiger partial charge in [-0.1, -0.05) is 18.9 Å². The van der Waals surface area contributed by atoms with Crippen LogP contribution < -0.4 is 10.1 Å². The molecule has 21 heavy (non-hydrogen) atoms. The molecular weight excluding hydrogens is 268 g/mol. The number of carbonyl (C=O) groups excluding carboxylic acids is 1. The van der Waals surface area contributed by atoms with E-state index in [1.54, 1.807) is 13.2 Å². The number of nitrogens with one attached hydrogen (secondary N) is 1. The summed E-state index contributed by atoms with van der Waals surface area (Å²) in [5.74, 6) is 0.556. The van der Waals surface area contributed by atoms with Crippen LogP contribution in [-0.4, -0.2) is 36.8 Å². The third kappa shape index (κ3) is 4.70. The van der Waals surface area contributed by atoms with Crippen LogP contribution in [0.15, 0.2) is 18.2 Å². The molecule has 1 aromatic rings. The van der Waals surface area contributed by atoms with Gasteiger partial charge in [-0.05, 0) is 25.8 Å². The summed E-state index contributed by atoms with van der Waals surface area (Å²) in [6.07, 6.45) is 4.71. The van der Waals surface area contributed by atoms with Crippen molar-refractivity contribution in [2.75, 3.05) is 13.7 Å². The summed E-state index contributed by atoms with van der Waals surface area (Å²) in [7, 11) is 1.71. The summed E-state index contributed by atoms with van der Waals surface area (Å²) in [6, 6.07) is 5.62. The summed E-state index contributed by atoms with van der Waals surface area (Å²) in [5.41, 5.74) is 0.725. The Labute approximate surface area is 126 Å². The highest BCUT2D eigenvalue weighted by Gasteiger charge is 2.26. The summed E-state index contributed by atoms with van der Waals surface area (Å²) in [4.78, 5) is 16.5. The summed E-state index contributed by atoms with van der Waals surface area (Å²) >= 11 is 0. The van der Waals surface area contributed by atoms with Gasteiger partial charge in [-0.15, -0.1) is 0 Å². The van der Waals surface area contributed by atoms with Crippen molar-refractivity contribution in [3.63, 3.8) is 0 Å². The molecule has 2 atom stereocenters. The van der Waals surface area contributed by atoms with Gasteiger partial charge in [0.05, 0.1) is 30.9 Å². The van der Waals surface area contributed by atoms with Crippen LogP contribution in [0.1, 0.15) is 38.3 Å². The van der Waals surface area contributed by atoms with E-state index in [4.69, 9.17) is 9.47 Å². The molecule has 1 aliphatic carbocycles. The fourth-order valence-electron chi connectivity index (χ4n) is 2.75. The van der Waals surface area contributed by atoms with Crippen LogP contribution in [0.3, 0.4) is 0 Å². The first-order chi connectivity index (χ1) is 10.2. The topological polar surface area (TPSA) is 60.5 Å². The molecule has 0 aromatic carbocycles. The first kappa shape index (κ1) is 15.8. The van der Waals surface area contributed by atoms with Crippen molar-refractivity contribution in [3.8, 4) is 5.88 Å². The number of methoxy groups -OCH3 is 1. The van der Waals surface area contributed by atoms with Gasteiger partial charge in [-0.2, -0.15) is 0 Å². The Bertz CT molecular complexity index is 465. The van der Waals surface area contributed by atoms with Gasteiger partial charge in [0.2, 0.25) is 11.8 Å². The second-order valence-corrected chi connectivity index (χ2v) is 5.31. The SMILES string of the molecule is CCOc1cccc(CC(=O)N[C@H]2CCCC[C@@H]2OC)n1. The van der Waals surface area contributed by atoms with Gasteiger partial charge in [0.1, 0.15) is 0 Å². The van der Waals surface area contributed by atoms with Gasteiger partial charge in [0.25, 0.3) is 0 Å². The lowest BCUT2D eigenvalue weighted by Crippen LogP contribution is -2.46. The van der Waals surface area contributed by atoms with Crippen LogP contribution in [0.25, 0.3) is 0 Å². The van der Waals surface area contributed by atoms with E-state index in [-0.39, 0.29) is 24.5 Å². The highest BCUT2D eigenvalue weighted by molar-refractivity contribution is 5.78. The number of amides is 1. The van der Waals surface area contributed by atoms with E-state index in [2.05, 4.69) is 10.3 Å². The Balaban J connectivity index is 1.90. The molecule has 116 valence electrons. The average molecular weight is 292 g/mol. The van der Waals surface area contributed by atoms with E-state index in [0.717, 1.165) is 25.0 Å².